The van der Waals surface area contributed by atoms with Crippen molar-refractivity contribution >= 4 is 16.7 Å². The first-order chi connectivity index (χ1) is 14.3. The molecule has 0 spiro atoms. The molecule has 0 aliphatic rings. The van der Waals surface area contributed by atoms with E-state index in [0.717, 1.165) is 11.1 Å². The van der Waals surface area contributed by atoms with Gasteiger partial charge in [-0.05, 0) is 11.1 Å². The van der Waals surface area contributed by atoms with E-state index < -0.39 is 0 Å². The molecule has 29 heavy (non-hydrogen) atoms. The van der Waals surface area contributed by atoms with Gasteiger partial charge in [0.1, 0.15) is 18.3 Å². The van der Waals surface area contributed by atoms with Crippen LogP contribution in [0.2, 0.25) is 0 Å². The third-order valence-electron chi connectivity index (χ3n) is 4.44. The van der Waals surface area contributed by atoms with E-state index in [1.54, 1.807) is 0 Å². The average Bonchev–Trinajstić information content (AvgIpc) is 2.78. The molecule has 0 bridgehead atoms. The molecule has 0 saturated heterocycles. The van der Waals surface area contributed by atoms with Crippen molar-refractivity contribution < 1.29 is 9.57 Å². The van der Waals surface area contributed by atoms with Crippen molar-refractivity contribution in [2.45, 2.75) is 13.2 Å². The number of benzene rings is 2. The normalized spacial score (nSPS) is 10.7. The first-order valence-electron chi connectivity index (χ1n) is 9.16. The number of methoxy groups -OCH3 is 1. The predicted molar refractivity (Wildman–Crippen MR) is 111 cm³/mol. The highest BCUT2D eigenvalue weighted by molar-refractivity contribution is 5.93. The van der Waals surface area contributed by atoms with Gasteiger partial charge in [-0.15, -0.1) is 4.73 Å². The highest BCUT2D eigenvalue weighted by atomic mass is 16.7. The van der Waals surface area contributed by atoms with Gasteiger partial charge in [-0.2, -0.15) is 0 Å². The van der Waals surface area contributed by atoms with Gasteiger partial charge in [0.2, 0.25) is 5.88 Å². The van der Waals surface area contributed by atoms with Gasteiger partial charge in [0.05, 0.1) is 12.8 Å². The van der Waals surface area contributed by atoms with Crippen molar-refractivity contribution in [2.24, 2.45) is 0 Å². The Morgan fingerprint density at radius 2 is 1.66 bits per heavy atom. The SMILES string of the molecule is COc1ncnc2c1c(NCc1ccccc1)cc(=O)n2OCc1ccccc1. The van der Waals surface area contributed by atoms with Crippen molar-refractivity contribution in [3.8, 4) is 5.88 Å². The van der Waals surface area contributed by atoms with Crippen molar-refractivity contribution in [3.63, 3.8) is 0 Å². The predicted octanol–water partition coefficient (Wildman–Crippen LogP) is 3.04. The third-order valence-corrected chi connectivity index (χ3v) is 4.44. The van der Waals surface area contributed by atoms with Crippen LogP contribution in [0.3, 0.4) is 0 Å². The zero-order chi connectivity index (χ0) is 20.1. The topological polar surface area (TPSA) is 78.3 Å². The number of pyridine rings is 1. The summed E-state index contributed by atoms with van der Waals surface area (Å²) < 4.78 is 6.60. The van der Waals surface area contributed by atoms with Crippen molar-refractivity contribution in [1.82, 2.24) is 14.7 Å². The van der Waals surface area contributed by atoms with E-state index in [4.69, 9.17) is 9.57 Å². The highest BCUT2D eigenvalue weighted by Gasteiger charge is 2.16. The van der Waals surface area contributed by atoms with Gasteiger partial charge < -0.3 is 14.9 Å². The van der Waals surface area contributed by atoms with Crippen LogP contribution in [-0.4, -0.2) is 21.8 Å². The number of aromatic nitrogens is 3. The summed E-state index contributed by atoms with van der Waals surface area (Å²) in [4.78, 5) is 27.0. The van der Waals surface area contributed by atoms with E-state index in [1.165, 1.54) is 24.2 Å². The van der Waals surface area contributed by atoms with Crippen LogP contribution in [0, 0.1) is 0 Å². The number of hydrogen-bond acceptors (Lipinski definition) is 6. The molecule has 0 aliphatic heterocycles. The Morgan fingerprint density at radius 3 is 2.34 bits per heavy atom. The summed E-state index contributed by atoms with van der Waals surface area (Å²) in [5.74, 6) is 0.364. The Hall–Kier alpha value is -3.87. The lowest BCUT2D eigenvalue weighted by Gasteiger charge is -2.15. The van der Waals surface area contributed by atoms with E-state index in [1.807, 2.05) is 60.7 Å². The number of rotatable bonds is 7. The Balaban J connectivity index is 1.72. The molecule has 2 heterocycles. The molecule has 0 aliphatic carbocycles. The fourth-order valence-electron chi connectivity index (χ4n) is 3.03. The molecule has 0 saturated carbocycles. The van der Waals surface area contributed by atoms with Crippen LogP contribution in [0.25, 0.3) is 11.0 Å². The van der Waals surface area contributed by atoms with Gasteiger partial charge >= 0.3 is 0 Å². The molecule has 2 aromatic heterocycles. The van der Waals surface area contributed by atoms with Gasteiger partial charge in [-0.25, -0.2) is 9.97 Å². The molecule has 7 nitrogen and oxygen atoms in total. The lowest BCUT2D eigenvalue weighted by Crippen LogP contribution is -2.28. The third kappa shape index (κ3) is 4.03. The van der Waals surface area contributed by atoms with Gasteiger partial charge in [0.15, 0.2) is 5.65 Å². The molecule has 2 aromatic carbocycles. The molecule has 0 atom stereocenters. The second-order valence-electron chi connectivity index (χ2n) is 6.37. The first kappa shape index (κ1) is 18.5. The largest absolute Gasteiger partial charge is 0.480 e. The molecule has 4 aromatic rings. The first-order valence-corrected chi connectivity index (χ1v) is 9.16. The molecule has 4 rings (SSSR count). The molecule has 0 amide bonds. The standard InChI is InChI=1S/C22H20N4O3/c1-28-22-20-18(23-13-16-8-4-2-5-9-16)12-19(27)26(21(20)24-15-25-22)29-14-17-10-6-3-7-11-17/h2-12,15,23H,13-14H2,1H3. The zero-order valence-electron chi connectivity index (χ0n) is 15.9. The Kier molecular flexibility index (Phi) is 5.38. The van der Waals surface area contributed by atoms with Crippen molar-refractivity contribution in [3.05, 3.63) is 94.5 Å². The molecule has 7 heteroatoms. The van der Waals surface area contributed by atoms with Gasteiger partial charge in [0.25, 0.3) is 5.56 Å². The van der Waals surface area contributed by atoms with E-state index >= 15 is 0 Å². The number of fused-ring (bicyclic) bond motifs is 1. The minimum Gasteiger partial charge on any atom is -0.480 e. The van der Waals surface area contributed by atoms with Crippen molar-refractivity contribution in [2.75, 3.05) is 12.4 Å². The zero-order valence-corrected chi connectivity index (χ0v) is 15.9. The van der Waals surface area contributed by atoms with Crippen LogP contribution in [-0.2, 0) is 13.2 Å². The number of hydrogen-bond donors (Lipinski definition) is 1. The van der Waals surface area contributed by atoms with Gasteiger partial charge in [-0.3, -0.25) is 4.79 Å². The Morgan fingerprint density at radius 1 is 0.966 bits per heavy atom. The van der Waals surface area contributed by atoms with Crippen LogP contribution in [0.1, 0.15) is 11.1 Å². The lowest BCUT2D eigenvalue weighted by atomic mass is 10.2. The monoisotopic (exact) mass is 388 g/mol. The number of nitrogens with zero attached hydrogens (tertiary/aromatic N) is 3. The number of nitrogens with one attached hydrogen (secondary N) is 1. The summed E-state index contributed by atoms with van der Waals surface area (Å²) in [6.07, 6.45) is 1.35. The molecule has 0 radical (unpaired) electrons. The Labute approximate surface area is 167 Å². The van der Waals surface area contributed by atoms with Gasteiger partial charge in [-0.1, -0.05) is 60.7 Å². The summed E-state index contributed by atoms with van der Waals surface area (Å²) >= 11 is 0. The van der Waals surface area contributed by atoms with E-state index in [-0.39, 0.29) is 12.2 Å². The van der Waals surface area contributed by atoms with E-state index in [2.05, 4.69) is 15.3 Å². The number of ether oxygens (including phenoxy) is 1. The Bertz CT molecular complexity index is 1160. The molecular weight excluding hydrogens is 368 g/mol. The summed E-state index contributed by atoms with van der Waals surface area (Å²) in [5.41, 5.74) is 2.63. The summed E-state index contributed by atoms with van der Waals surface area (Å²) in [5, 5.41) is 3.87. The van der Waals surface area contributed by atoms with E-state index in [9.17, 15) is 4.79 Å². The van der Waals surface area contributed by atoms with Crippen molar-refractivity contribution in [1.29, 1.82) is 0 Å². The smallest absolute Gasteiger partial charge is 0.287 e. The summed E-state index contributed by atoms with van der Waals surface area (Å²) in [6.45, 7) is 0.779. The fourth-order valence-corrected chi connectivity index (χ4v) is 3.03. The minimum absolute atomic E-state index is 0.235. The van der Waals surface area contributed by atoms with Crippen LogP contribution in [0.5, 0.6) is 5.88 Å². The van der Waals surface area contributed by atoms with Crippen LogP contribution in [0.15, 0.2) is 77.9 Å². The molecule has 1 N–H and O–H groups in total. The highest BCUT2D eigenvalue weighted by Crippen LogP contribution is 2.28. The fraction of sp³-hybridized carbons (Fsp3) is 0.136. The maximum atomic E-state index is 12.8. The minimum atomic E-state index is -0.329. The summed E-state index contributed by atoms with van der Waals surface area (Å²) in [7, 11) is 1.53. The average molecular weight is 388 g/mol. The van der Waals surface area contributed by atoms with Gasteiger partial charge in [0, 0.05) is 12.6 Å². The second kappa shape index (κ2) is 8.43. The molecule has 0 fully saturated rings. The quantitative estimate of drug-likeness (QED) is 0.524. The lowest BCUT2D eigenvalue weighted by molar-refractivity contribution is 0.0979. The van der Waals surface area contributed by atoms with Crippen LogP contribution < -0.4 is 20.5 Å². The van der Waals surface area contributed by atoms with Crippen LogP contribution >= 0.6 is 0 Å². The van der Waals surface area contributed by atoms with E-state index in [0.29, 0.717) is 29.1 Å². The van der Waals surface area contributed by atoms with Crippen LogP contribution in [0.4, 0.5) is 5.69 Å². The maximum Gasteiger partial charge on any atom is 0.287 e. The maximum absolute atomic E-state index is 12.8. The number of anilines is 1. The molecule has 146 valence electrons. The second-order valence-corrected chi connectivity index (χ2v) is 6.37. The molecular formula is C22H20N4O3. The molecule has 0 unspecified atom stereocenters. The summed E-state index contributed by atoms with van der Waals surface area (Å²) in [6, 6.07) is 21.0.